The third-order valence-corrected chi connectivity index (χ3v) is 3.09. The van der Waals surface area contributed by atoms with Gasteiger partial charge in [0.15, 0.2) is 5.65 Å². The number of imidazole rings is 1. The summed E-state index contributed by atoms with van der Waals surface area (Å²) in [7, 11) is 0. The van der Waals surface area contributed by atoms with Crippen molar-refractivity contribution in [3.8, 4) is 0 Å². The van der Waals surface area contributed by atoms with E-state index >= 15 is 0 Å². The van der Waals surface area contributed by atoms with Crippen molar-refractivity contribution in [2.45, 2.75) is 39.6 Å². The summed E-state index contributed by atoms with van der Waals surface area (Å²) >= 11 is 5.95. The number of fused-ring (bicyclic) bond motifs is 1. The number of aromatic nitrogens is 3. The maximum Gasteiger partial charge on any atom is 0.160 e. The van der Waals surface area contributed by atoms with E-state index in [-0.39, 0.29) is 0 Å². The van der Waals surface area contributed by atoms with Gasteiger partial charge in [-0.25, -0.2) is 9.97 Å². The lowest BCUT2D eigenvalue weighted by atomic mass is 10.1. The molecule has 2 aromatic heterocycles. The molecule has 4 heteroatoms. The molecule has 0 aliphatic rings. The van der Waals surface area contributed by atoms with Crippen molar-refractivity contribution < 1.29 is 0 Å². The predicted molar refractivity (Wildman–Crippen MR) is 71.3 cm³/mol. The van der Waals surface area contributed by atoms with Crippen molar-refractivity contribution in [1.29, 1.82) is 0 Å². The highest BCUT2D eigenvalue weighted by atomic mass is 35.5. The average molecular weight is 252 g/mol. The van der Waals surface area contributed by atoms with Crippen LogP contribution >= 0.6 is 11.6 Å². The molecule has 2 rings (SSSR count). The topological polar surface area (TPSA) is 30.7 Å². The Morgan fingerprint density at radius 1 is 1.41 bits per heavy atom. The third kappa shape index (κ3) is 2.60. The maximum atomic E-state index is 5.95. The Labute approximate surface area is 107 Å². The number of hydrogen-bond acceptors (Lipinski definition) is 2. The van der Waals surface area contributed by atoms with Crippen molar-refractivity contribution in [1.82, 2.24) is 14.5 Å². The molecule has 0 bridgehead atoms. The van der Waals surface area contributed by atoms with E-state index in [0.717, 1.165) is 35.5 Å². The van der Waals surface area contributed by atoms with Crippen LogP contribution in [0.3, 0.4) is 0 Å². The molecule has 2 aromatic rings. The number of aryl methyl sites for hydroxylation is 2. The van der Waals surface area contributed by atoms with Crippen molar-refractivity contribution in [3.63, 3.8) is 0 Å². The van der Waals surface area contributed by atoms with Gasteiger partial charge in [-0.15, -0.1) is 11.6 Å². The molecule has 0 saturated carbocycles. The fourth-order valence-corrected chi connectivity index (χ4v) is 2.09. The van der Waals surface area contributed by atoms with Crippen LogP contribution in [0.25, 0.3) is 11.2 Å². The summed E-state index contributed by atoms with van der Waals surface area (Å²) in [6, 6.07) is 2.06. The average Bonchev–Trinajstić information content (AvgIpc) is 2.63. The van der Waals surface area contributed by atoms with Crippen LogP contribution in [0.15, 0.2) is 12.3 Å². The number of rotatable bonds is 4. The quantitative estimate of drug-likeness (QED) is 0.779. The highest BCUT2D eigenvalue weighted by Gasteiger charge is 2.11. The Bertz CT molecular complexity index is 517. The highest BCUT2D eigenvalue weighted by molar-refractivity contribution is 6.16. The summed E-state index contributed by atoms with van der Waals surface area (Å²) in [5.74, 6) is 2.02. The second kappa shape index (κ2) is 5.05. The lowest BCUT2D eigenvalue weighted by Gasteiger charge is -2.08. The molecule has 0 fully saturated rings. The molecule has 0 N–H and O–H groups in total. The minimum Gasteiger partial charge on any atom is -0.312 e. The molecule has 3 nitrogen and oxygen atoms in total. The lowest BCUT2D eigenvalue weighted by molar-refractivity contribution is 0.514. The van der Waals surface area contributed by atoms with Gasteiger partial charge in [0.1, 0.15) is 11.3 Å². The summed E-state index contributed by atoms with van der Waals surface area (Å²) < 4.78 is 2.14. The van der Waals surface area contributed by atoms with Gasteiger partial charge in [0.2, 0.25) is 0 Å². The fourth-order valence-electron chi connectivity index (χ4n) is 1.88. The number of hydrogen-bond donors (Lipinski definition) is 0. The molecule has 0 amide bonds. The van der Waals surface area contributed by atoms with Crippen LogP contribution in [0.1, 0.15) is 31.7 Å². The molecule has 0 unspecified atom stereocenters. The lowest BCUT2D eigenvalue weighted by Crippen LogP contribution is -2.05. The van der Waals surface area contributed by atoms with Gasteiger partial charge in [0, 0.05) is 12.7 Å². The monoisotopic (exact) mass is 251 g/mol. The Morgan fingerprint density at radius 2 is 2.18 bits per heavy atom. The Hall–Kier alpha value is -1.09. The van der Waals surface area contributed by atoms with Gasteiger partial charge in [0.25, 0.3) is 0 Å². The minimum atomic E-state index is 0.438. The first-order valence-electron chi connectivity index (χ1n) is 5.99. The van der Waals surface area contributed by atoms with Gasteiger partial charge in [0.05, 0.1) is 5.88 Å². The number of pyridine rings is 1. The fraction of sp³-hybridized carbons (Fsp3) is 0.538. The summed E-state index contributed by atoms with van der Waals surface area (Å²) in [5, 5.41) is 0. The van der Waals surface area contributed by atoms with Gasteiger partial charge < -0.3 is 4.57 Å². The first-order chi connectivity index (χ1) is 8.11. The normalized spacial score (nSPS) is 11.6. The van der Waals surface area contributed by atoms with Crippen LogP contribution in [0.2, 0.25) is 0 Å². The molecule has 0 atom stereocenters. The largest absolute Gasteiger partial charge is 0.312 e. The molecule has 0 saturated heterocycles. The molecule has 2 heterocycles. The van der Waals surface area contributed by atoms with Crippen LogP contribution in [0.5, 0.6) is 0 Å². The van der Waals surface area contributed by atoms with Crippen LogP contribution < -0.4 is 0 Å². The zero-order valence-corrected chi connectivity index (χ0v) is 11.3. The number of alkyl halides is 1. The second-order valence-electron chi connectivity index (χ2n) is 4.85. The van der Waals surface area contributed by atoms with Gasteiger partial charge in [-0.2, -0.15) is 0 Å². The van der Waals surface area contributed by atoms with Crippen molar-refractivity contribution in [2.24, 2.45) is 5.92 Å². The molecule has 0 aliphatic carbocycles. The van der Waals surface area contributed by atoms with Crippen LogP contribution in [-0.2, 0) is 12.4 Å². The first-order valence-corrected chi connectivity index (χ1v) is 6.53. The minimum absolute atomic E-state index is 0.438. The second-order valence-corrected chi connectivity index (χ2v) is 5.12. The SMILES string of the molecule is Cc1cnc2c(c1)nc(CCl)n2CCC(C)C. The summed E-state index contributed by atoms with van der Waals surface area (Å²) in [6.45, 7) is 7.40. The zero-order valence-electron chi connectivity index (χ0n) is 10.6. The van der Waals surface area contributed by atoms with Crippen LogP contribution in [0.4, 0.5) is 0 Å². The Balaban J connectivity index is 2.43. The highest BCUT2D eigenvalue weighted by Crippen LogP contribution is 2.18. The van der Waals surface area contributed by atoms with Crippen molar-refractivity contribution in [2.75, 3.05) is 0 Å². The molecule has 0 aromatic carbocycles. The number of nitrogens with zero attached hydrogens (tertiary/aromatic N) is 3. The molecular formula is C13H18ClN3. The Kier molecular flexibility index (Phi) is 3.67. The molecule has 0 aliphatic heterocycles. The van der Waals surface area contributed by atoms with Crippen LogP contribution in [-0.4, -0.2) is 14.5 Å². The number of halogens is 1. The summed E-state index contributed by atoms with van der Waals surface area (Å²) in [6.07, 6.45) is 3.00. The maximum absolute atomic E-state index is 5.95. The summed E-state index contributed by atoms with van der Waals surface area (Å²) in [4.78, 5) is 9.01. The summed E-state index contributed by atoms with van der Waals surface area (Å²) in [5.41, 5.74) is 3.03. The van der Waals surface area contributed by atoms with E-state index in [9.17, 15) is 0 Å². The van der Waals surface area contributed by atoms with Gasteiger partial charge in [-0.05, 0) is 30.9 Å². The molecular weight excluding hydrogens is 234 g/mol. The van der Waals surface area contributed by atoms with E-state index in [4.69, 9.17) is 11.6 Å². The van der Waals surface area contributed by atoms with Crippen molar-refractivity contribution in [3.05, 3.63) is 23.7 Å². The standard InChI is InChI=1S/C13H18ClN3/c1-9(2)4-5-17-12(7-14)16-11-6-10(3)8-15-13(11)17/h6,8-9H,4-5,7H2,1-3H3. The van der Waals surface area contributed by atoms with Crippen LogP contribution in [0, 0.1) is 12.8 Å². The van der Waals surface area contributed by atoms with Gasteiger partial charge in [-0.1, -0.05) is 13.8 Å². The van der Waals surface area contributed by atoms with E-state index in [1.165, 1.54) is 0 Å². The molecule has 92 valence electrons. The van der Waals surface area contributed by atoms with E-state index in [2.05, 4.69) is 34.4 Å². The molecule has 0 spiro atoms. The Morgan fingerprint density at radius 3 is 2.82 bits per heavy atom. The van der Waals surface area contributed by atoms with E-state index in [1.807, 2.05) is 13.1 Å². The smallest absolute Gasteiger partial charge is 0.160 e. The predicted octanol–water partition coefficient (Wildman–Crippen LogP) is 3.52. The zero-order chi connectivity index (χ0) is 12.4. The molecule has 17 heavy (non-hydrogen) atoms. The van der Waals surface area contributed by atoms with E-state index in [0.29, 0.717) is 11.8 Å². The van der Waals surface area contributed by atoms with Gasteiger partial charge in [-0.3, -0.25) is 0 Å². The van der Waals surface area contributed by atoms with E-state index in [1.54, 1.807) is 0 Å². The van der Waals surface area contributed by atoms with Gasteiger partial charge >= 0.3 is 0 Å². The third-order valence-electron chi connectivity index (χ3n) is 2.85. The first kappa shape index (κ1) is 12.4. The molecule has 0 radical (unpaired) electrons. The van der Waals surface area contributed by atoms with Crippen molar-refractivity contribution >= 4 is 22.8 Å². The van der Waals surface area contributed by atoms with E-state index < -0.39 is 0 Å².